The van der Waals surface area contributed by atoms with E-state index in [-0.39, 0.29) is 51.2 Å². The van der Waals surface area contributed by atoms with E-state index in [0.29, 0.717) is 61.3 Å². The molecule has 0 radical (unpaired) electrons. The Kier molecular flexibility index (Phi) is 26.7. The minimum atomic E-state index is -1.56. The third-order valence-corrected chi connectivity index (χ3v) is 12.6. The lowest BCUT2D eigenvalue weighted by molar-refractivity contribution is -0.143. The van der Waals surface area contributed by atoms with Crippen molar-refractivity contribution in [2.45, 2.75) is 220 Å². The molecule has 0 saturated carbocycles. The standard InChI is InChI=1S/C65H98N10O12/c1-61(2,3)83-45-31-27-42(28-32-45)38-50(68-36-22-16-17-23-37-69-57(73-58(80)85-63(7,8)9)74-59(81)86-64(10,11)12)54(77)72-51(39-43-29-33-46(34-30-43)84-62(4,5)6)56(79)75(60(82)87-65(13,14)15)52(26-20-21-35-66)55(78)71-49(53(67)76)40-44-41-70-48-25-19-18-24-47(44)48/h18-19,24-25,27-34,41,49-52,68,70H,16-17,20-23,26,35-40,66H2,1-15H3,(H2,67,76)(H,71,78)(H,72,77)(H2,69,73,74,80,81)/t49-,50+,51-,52-/m0/s1. The number of para-hydroxylation sites is 1. The van der Waals surface area contributed by atoms with Crippen LogP contribution in [0.15, 0.2) is 84.0 Å². The van der Waals surface area contributed by atoms with Gasteiger partial charge in [0.1, 0.15) is 57.6 Å². The van der Waals surface area contributed by atoms with E-state index in [1.807, 2.05) is 90.1 Å². The average Bonchev–Trinajstić information content (AvgIpc) is 2.00. The predicted octanol–water partition coefficient (Wildman–Crippen LogP) is 9.19. The lowest BCUT2D eigenvalue weighted by Crippen LogP contribution is -2.62. The minimum absolute atomic E-state index is 0.00505. The van der Waals surface area contributed by atoms with Crippen LogP contribution in [0.3, 0.4) is 0 Å². The van der Waals surface area contributed by atoms with Gasteiger partial charge >= 0.3 is 18.3 Å². The third kappa shape index (κ3) is 27.3. The summed E-state index contributed by atoms with van der Waals surface area (Å²) in [6.45, 7) is 27.6. The van der Waals surface area contributed by atoms with Crippen molar-refractivity contribution < 1.29 is 57.2 Å². The number of primary amides is 1. The molecule has 3 aromatic carbocycles. The Balaban J connectivity index is 1.71. The van der Waals surface area contributed by atoms with Crippen LogP contribution >= 0.6 is 0 Å². The number of fused-ring (bicyclic) bond motifs is 1. The van der Waals surface area contributed by atoms with Crippen LogP contribution in [-0.4, -0.2) is 130 Å². The van der Waals surface area contributed by atoms with Gasteiger partial charge in [0.15, 0.2) is 0 Å². The van der Waals surface area contributed by atoms with Crippen LogP contribution in [0.4, 0.5) is 14.4 Å². The molecule has 0 aliphatic rings. The lowest BCUT2D eigenvalue weighted by atomic mass is 9.99. The highest BCUT2D eigenvalue weighted by Gasteiger charge is 2.42. The summed E-state index contributed by atoms with van der Waals surface area (Å²) in [6, 6.07) is 16.6. The van der Waals surface area contributed by atoms with Gasteiger partial charge in [-0.2, -0.15) is 0 Å². The van der Waals surface area contributed by atoms with Gasteiger partial charge in [0, 0.05) is 36.5 Å². The molecule has 0 fully saturated rings. The topological polar surface area (TPSA) is 309 Å². The van der Waals surface area contributed by atoms with Crippen LogP contribution in [0.2, 0.25) is 0 Å². The number of amides is 7. The van der Waals surface area contributed by atoms with Crippen molar-refractivity contribution >= 4 is 58.8 Å². The van der Waals surface area contributed by atoms with E-state index < -0.39 is 94.1 Å². The molecule has 0 spiro atoms. The van der Waals surface area contributed by atoms with Crippen LogP contribution < -0.4 is 47.5 Å². The molecule has 0 bridgehead atoms. The van der Waals surface area contributed by atoms with Crippen LogP contribution in [-0.2, 0) is 52.7 Å². The van der Waals surface area contributed by atoms with Crippen LogP contribution in [0.5, 0.6) is 11.5 Å². The number of aromatic amines is 1. The Morgan fingerprint density at radius 1 is 0.563 bits per heavy atom. The lowest BCUT2D eigenvalue weighted by Gasteiger charge is -2.35. The number of aliphatic imine (C=N–C) groups is 1. The molecule has 4 rings (SSSR count). The highest BCUT2D eigenvalue weighted by Crippen LogP contribution is 2.25. The van der Waals surface area contributed by atoms with Crippen molar-refractivity contribution in [3.05, 3.63) is 95.7 Å². The van der Waals surface area contributed by atoms with Gasteiger partial charge in [-0.25, -0.2) is 19.3 Å². The number of hydrogen-bond donors (Lipinski definition) is 8. The molecular formula is C65H98N10O12. The number of carbonyl (C=O) groups is 7. The SMILES string of the molecule is CC(C)(C)OC(=O)NC(=NCCCCCCN[C@H](Cc1ccc(OC(C)(C)C)cc1)C(=O)N[C@@H](Cc1ccc(OC(C)(C)C)cc1)C(=O)N(C(=O)OC(C)(C)C)[C@@H](CCCCN)C(=O)N[C@@H](Cc1c[nH]c2ccccc12)C(N)=O)NC(=O)OC(C)(C)C. The van der Waals surface area contributed by atoms with Gasteiger partial charge in [0.05, 0.1) is 6.04 Å². The normalized spacial score (nSPS) is 13.4. The highest BCUT2D eigenvalue weighted by molar-refractivity contribution is 6.03. The quantitative estimate of drug-likeness (QED) is 0.0119. The molecule has 87 heavy (non-hydrogen) atoms. The molecule has 0 saturated heterocycles. The van der Waals surface area contributed by atoms with Gasteiger partial charge in [-0.1, -0.05) is 55.3 Å². The molecule has 22 heteroatoms. The zero-order chi connectivity index (χ0) is 64.9. The smallest absolute Gasteiger partial charge is 0.417 e. The summed E-state index contributed by atoms with van der Waals surface area (Å²) in [5, 5.41) is 15.0. The average molecular weight is 1210 g/mol. The summed E-state index contributed by atoms with van der Waals surface area (Å²) in [5.74, 6) is -2.13. The number of nitrogens with two attached hydrogens (primary N) is 2. The van der Waals surface area contributed by atoms with E-state index in [1.54, 1.807) is 92.8 Å². The van der Waals surface area contributed by atoms with Crippen molar-refractivity contribution in [3.63, 3.8) is 0 Å². The number of benzene rings is 3. The highest BCUT2D eigenvalue weighted by atomic mass is 16.6. The number of carbonyl (C=O) groups excluding carboxylic acids is 7. The summed E-state index contributed by atoms with van der Waals surface area (Å²) < 4.78 is 28.8. The van der Waals surface area contributed by atoms with Crippen LogP contribution in [0.25, 0.3) is 10.9 Å². The molecule has 10 N–H and O–H groups in total. The molecule has 1 heterocycles. The fourth-order valence-electron chi connectivity index (χ4n) is 8.98. The number of rotatable bonds is 27. The number of ether oxygens (including phenoxy) is 5. The molecule has 0 unspecified atom stereocenters. The number of imide groups is 1. The first-order valence-electron chi connectivity index (χ1n) is 30.0. The van der Waals surface area contributed by atoms with E-state index >= 15 is 9.59 Å². The Labute approximate surface area is 514 Å². The Morgan fingerprint density at radius 2 is 1.07 bits per heavy atom. The van der Waals surface area contributed by atoms with Crippen molar-refractivity contribution in [2.24, 2.45) is 16.5 Å². The first-order chi connectivity index (χ1) is 40.5. The fraction of sp³-hybridized carbons (Fsp3) is 0.569. The van der Waals surface area contributed by atoms with E-state index in [0.717, 1.165) is 21.4 Å². The van der Waals surface area contributed by atoms with Crippen molar-refractivity contribution in [1.29, 1.82) is 0 Å². The molecule has 7 amide bonds. The fourth-order valence-corrected chi connectivity index (χ4v) is 8.98. The summed E-state index contributed by atoms with van der Waals surface area (Å²) in [6.07, 6.45) is 2.19. The zero-order valence-electron chi connectivity index (χ0n) is 54.0. The van der Waals surface area contributed by atoms with E-state index in [2.05, 4.69) is 36.6 Å². The molecule has 4 aromatic rings. The maximum atomic E-state index is 15.7. The largest absolute Gasteiger partial charge is 0.488 e. The Hall–Kier alpha value is -7.72. The van der Waals surface area contributed by atoms with Crippen molar-refractivity contribution in [3.8, 4) is 11.5 Å². The number of H-pyrrole nitrogens is 1. The van der Waals surface area contributed by atoms with Crippen LogP contribution in [0.1, 0.15) is 165 Å². The molecule has 4 atom stereocenters. The predicted molar refractivity (Wildman–Crippen MR) is 337 cm³/mol. The van der Waals surface area contributed by atoms with E-state index in [4.69, 9.17) is 35.2 Å². The summed E-state index contributed by atoms with van der Waals surface area (Å²) in [7, 11) is 0. The van der Waals surface area contributed by atoms with Crippen molar-refractivity contribution in [1.82, 2.24) is 36.5 Å². The number of alkyl carbamates (subject to hydrolysis) is 2. The van der Waals surface area contributed by atoms with Gasteiger partial charge < -0.3 is 56.1 Å². The summed E-state index contributed by atoms with van der Waals surface area (Å²) in [4.78, 5) is 107. The second-order valence-corrected chi connectivity index (χ2v) is 26.6. The van der Waals surface area contributed by atoms with Gasteiger partial charge in [-0.15, -0.1) is 0 Å². The molecular weight excluding hydrogens is 1110 g/mol. The number of nitrogens with zero attached hydrogens (tertiary/aromatic N) is 2. The zero-order valence-corrected chi connectivity index (χ0v) is 54.0. The number of hydrogen-bond acceptors (Lipinski definition) is 15. The Morgan fingerprint density at radius 3 is 1.57 bits per heavy atom. The number of nitrogens with one attached hydrogen (secondary N) is 6. The molecule has 480 valence electrons. The monoisotopic (exact) mass is 1210 g/mol. The molecule has 0 aliphatic heterocycles. The summed E-state index contributed by atoms with van der Waals surface area (Å²) in [5.41, 5.74) is 11.1. The third-order valence-electron chi connectivity index (χ3n) is 12.6. The minimum Gasteiger partial charge on any atom is -0.488 e. The molecule has 22 nitrogen and oxygen atoms in total. The number of aromatic nitrogens is 1. The summed E-state index contributed by atoms with van der Waals surface area (Å²) >= 11 is 0. The second-order valence-electron chi connectivity index (χ2n) is 26.6. The number of unbranched alkanes of at least 4 members (excludes halogenated alkanes) is 4. The molecule has 0 aliphatic carbocycles. The van der Waals surface area contributed by atoms with Crippen molar-refractivity contribution in [2.75, 3.05) is 19.6 Å². The van der Waals surface area contributed by atoms with Crippen LogP contribution in [0, 0.1) is 0 Å². The van der Waals surface area contributed by atoms with E-state index in [9.17, 15) is 24.0 Å². The van der Waals surface area contributed by atoms with Gasteiger partial charge in [0.25, 0.3) is 5.91 Å². The van der Waals surface area contributed by atoms with E-state index in [1.165, 1.54) is 0 Å². The second kappa shape index (κ2) is 32.3. The van der Waals surface area contributed by atoms with Gasteiger partial charge in [-0.3, -0.25) is 34.8 Å². The first-order valence-corrected chi connectivity index (χ1v) is 30.0. The Bertz CT molecular complexity index is 2890. The molecule has 1 aromatic heterocycles. The number of guanidine groups is 1. The van der Waals surface area contributed by atoms with Gasteiger partial charge in [0.2, 0.25) is 23.7 Å². The van der Waals surface area contributed by atoms with Gasteiger partial charge in [-0.05, 0) is 202 Å². The first kappa shape index (κ1) is 71.8. The maximum Gasteiger partial charge on any atom is 0.417 e. The maximum absolute atomic E-state index is 15.7.